The highest BCUT2D eigenvalue weighted by Gasteiger charge is 2.27. The molecule has 0 aliphatic carbocycles. The van der Waals surface area contributed by atoms with E-state index in [0.717, 1.165) is 54.9 Å². The lowest BCUT2D eigenvalue weighted by Crippen LogP contribution is -2.39. The molecule has 2 amide bonds. The zero-order chi connectivity index (χ0) is 23.5. The van der Waals surface area contributed by atoms with Crippen molar-refractivity contribution in [2.45, 2.75) is 45.1 Å². The van der Waals surface area contributed by atoms with Crippen LogP contribution in [0.3, 0.4) is 0 Å². The van der Waals surface area contributed by atoms with Crippen LogP contribution in [0.15, 0.2) is 66.7 Å². The summed E-state index contributed by atoms with van der Waals surface area (Å²) < 4.78 is 0. The Labute approximate surface area is 201 Å². The summed E-state index contributed by atoms with van der Waals surface area (Å²) in [6.07, 6.45) is 3.55. The molecule has 0 saturated carbocycles. The molecule has 5 nitrogen and oxygen atoms in total. The average Bonchev–Trinajstić information content (AvgIpc) is 3.28. The van der Waals surface area contributed by atoms with Crippen LogP contribution in [0.4, 0.5) is 0 Å². The SMILES string of the molecule is Cc1cccc(-c2cccc(C3CCCN(C(=O)c4cccc(CN5CCCC5=O)c4)C3)n2)c1. The second-order valence-electron chi connectivity index (χ2n) is 9.53. The summed E-state index contributed by atoms with van der Waals surface area (Å²) in [5, 5.41) is 0. The lowest BCUT2D eigenvalue weighted by molar-refractivity contribution is -0.128. The first-order chi connectivity index (χ1) is 16.6. The third-order valence-corrected chi connectivity index (χ3v) is 6.93. The first kappa shape index (κ1) is 22.3. The van der Waals surface area contributed by atoms with Crippen LogP contribution in [0.5, 0.6) is 0 Å². The summed E-state index contributed by atoms with van der Waals surface area (Å²) >= 11 is 0. The smallest absolute Gasteiger partial charge is 0.253 e. The Bertz CT molecular complexity index is 1210. The monoisotopic (exact) mass is 453 g/mol. The van der Waals surface area contributed by atoms with Crippen molar-refractivity contribution < 1.29 is 9.59 Å². The van der Waals surface area contributed by atoms with Gasteiger partial charge in [-0.15, -0.1) is 0 Å². The number of benzene rings is 2. The van der Waals surface area contributed by atoms with Gasteiger partial charge in [0, 0.05) is 55.3 Å². The molecule has 1 unspecified atom stereocenters. The van der Waals surface area contributed by atoms with E-state index in [2.05, 4.69) is 49.4 Å². The Morgan fingerprint density at radius 3 is 2.68 bits per heavy atom. The minimum atomic E-state index is 0.0640. The van der Waals surface area contributed by atoms with Crippen molar-refractivity contribution in [1.29, 1.82) is 0 Å². The molecular weight excluding hydrogens is 422 g/mol. The molecule has 2 aliphatic heterocycles. The normalized spacial score (nSPS) is 18.4. The molecule has 2 saturated heterocycles. The Morgan fingerprint density at radius 1 is 1.00 bits per heavy atom. The van der Waals surface area contributed by atoms with Crippen molar-refractivity contribution in [1.82, 2.24) is 14.8 Å². The highest BCUT2D eigenvalue weighted by molar-refractivity contribution is 5.94. The zero-order valence-electron chi connectivity index (χ0n) is 19.7. The molecule has 5 heteroatoms. The van der Waals surface area contributed by atoms with Gasteiger partial charge in [-0.2, -0.15) is 0 Å². The number of aryl methyl sites for hydroxylation is 1. The topological polar surface area (TPSA) is 53.5 Å². The number of pyridine rings is 1. The minimum Gasteiger partial charge on any atom is -0.338 e. The average molecular weight is 454 g/mol. The highest BCUT2D eigenvalue weighted by Crippen LogP contribution is 2.29. The van der Waals surface area contributed by atoms with E-state index in [4.69, 9.17) is 4.98 Å². The van der Waals surface area contributed by atoms with Crippen molar-refractivity contribution in [2.75, 3.05) is 19.6 Å². The molecule has 0 spiro atoms. The van der Waals surface area contributed by atoms with E-state index in [1.54, 1.807) is 0 Å². The van der Waals surface area contributed by atoms with Crippen LogP contribution in [0.1, 0.15) is 58.8 Å². The third-order valence-electron chi connectivity index (χ3n) is 6.93. The van der Waals surface area contributed by atoms with Crippen LogP contribution in [0.25, 0.3) is 11.3 Å². The number of amides is 2. The van der Waals surface area contributed by atoms with Crippen molar-refractivity contribution >= 4 is 11.8 Å². The number of hydrogen-bond acceptors (Lipinski definition) is 3. The van der Waals surface area contributed by atoms with Crippen LogP contribution in [0.2, 0.25) is 0 Å². The number of piperidine rings is 1. The summed E-state index contributed by atoms with van der Waals surface area (Å²) in [5.74, 6) is 0.498. The molecule has 5 rings (SSSR count). The summed E-state index contributed by atoms with van der Waals surface area (Å²) in [4.78, 5) is 34.2. The molecule has 2 aliphatic rings. The fourth-order valence-corrected chi connectivity index (χ4v) is 5.12. The maximum absolute atomic E-state index is 13.4. The minimum absolute atomic E-state index is 0.0640. The molecule has 3 aromatic rings. The van der Waals surface area contributed by atoms with Crippen LogP contribution in [-0.2, 0) is 11.3 Å². The fraction of sp³-hybridized carbons (Fsp3) is 0.345. The van der Waals surface area contributed by atoms with Gasteiger partial charge in [0.15, 0.2) is 0 Å². The van der Waals surface area contributed by atoms with Gasteiger partial charge < -0.3 is 9.80 Å². The third kappa shape index (κ3) is 4.89. The van der Waals surface area contributed by atoms with Crippen molar-refractivity contribution in [3.05, 3.63) is 89.1 Å². The largest absolute Gasteiger partial charge is 0.338 e. The molecule has 1 aromatic heterocycles. The molecule has 0 radical (unpaired) electrons. The Balaban J connectivity index is 1.30. The fourth-order valence-electron chi connectivity index (χ4n) is 5.12. The molecule has 174 valence electrons. The molecule has 1 atom stereocenters. The molecule has 0 N–H and O–H groups in total. The second kappa shape index (κ2) is 9.80. The van der Waals surface area contributed by atoms with Crippen LogP contribution in [0, 0.1) is 6.92 Å². The predicted octanol–water partition coefficient (Wildman–Crippen LogP) is 5.20. The summed E-state index contributed by atoms with van der Waals surface area (Å²) in [5.41, 5.74) is 6.09. The quantitative estimate of drug-likeness (QED) is 0.534. The second-order valence-corrected chi connectivity index (χ2v) is 9.53. The molecule has 34 heavy (non-hydrogen) atoms. The summed E-state index contributed by atoms with van der Waals surface area (Å²) in [7, 11) is 0. The molecular formula is C29H31N3O2. The van der Waals surface area contributed by atoms with E-state index in [0.29, 0.717) is 25.1 Å². The lowest BCUT2D eigenvalue weighted by Gasteiger charge is -2.33. The van der Waals surface area contributed by atoms with Gasteiger partial charge >= 0.3 is 0 Å². The van der Waals surface area contributed by atoms with Gasteiger partial charge in [-0.1, -0.05) is 42.0 Å². The molecule has 2 aromatic carbocycles. The first-order valence-electron chi connectivity index (χ1n) is 12.3. The lowest BCUT2D eigenvalue weighted by atomic mass is 9.93. The Morgan fingerprint density at radius 2 is 1.85 bits per heavy atom. The number of hydrogen-bond donors (Lipinski definition) is 0. The van der Waals surface area contributed by atoms with E-state index in [-0.39, 0.29) is 17.7 Å². The molecule has 0 bridgehead atoms. The van der Waals surface area contributed by atoms with Gasteiger partial charge in [0.2, 0.25) is 5.91 Å². The number of nitrogens with zero attached hydrogens (tertiary/aromatic N) is 3. The van der Waals surface area contributed by atoms with Gasteiger partial charge in [0.25, 0.3) is 5.91 Å². The maximum atomic E-state index is 13.4. The van der Waals surface area contributed by atoms with E-state index in [1.807, 2.05) is 34.1 Å². The maximum Gasteiger partial charge on any atom is 0.253 e. The number of carbonyl (C=O) groups is 2. The predicted molar refractivity (Wildman–Crippen MR) is 133 cm³/mol. The Kier molecular flexibility index (Phi) is 6.43. The number of likely N-dealkylation sites (tertiary alicyclic amines) is 2. The first-order valence-corrected chi connectivity index (χ1v) is 12.3. The van der Waals surface area contributed by atoms with Crippen LogP contribution < -0.4 is 0 Å². The summed E-state index contributed by atoms with van der Waals surface area (Å²) in [6, 6.07) is 22.4. The van der Waals surface area contributed by atoms with Gasteiger partial charge in [0.05, 0.1) is 5.69 Å². The number of rotatable bonds is 5. The molecule has 3 heterocycles. The van der Waals surface area contributed by atoms with Gasteiger partial charge in [-0.05, 0) is 62.1 Å². The standard InChI is InChI=1S/C29H31N3O2/c1-21-7-2-9-23(17-21)26-12-4-13-27(30-26)25-11-5-16-32(20-25)29(34)24-10-3-8-22(18-24)19-31-15-6-14-28(31)33/h2-4,7-10,12-13,17-18,25H,5-6,11,14-16,19-20H2,1H3. The van der Waals surface area contributed by atoms with E-state index < -0.39 is 0 Å². The Hall–Kier alpha value is -3.47. The van der Waals surface area contributed by atoms with E-state index in [9.17, 15) is 9.59 Å². The van der Waals surface area contributed by atoms with Crippen molar-refractivity contribution in [3.63, 3.8) is 0 Å². The number of carbonyl (C=O) groups excluding carboxylic acids is 2. The highest BCUT2D eigenvalue weighted by atomic mass is 16.2. The van der Waals surface area contributed by atoms with E-state index in [1.165, 1.54) is 5.56 Å². The zero-order valence-corrected chi connectivity index (χ0v) is 19.7. The van der Waals surface area contributed by atoms with Gasteiger partial charge in [0.1, 0.15) is 0 Å². The van der Waals surface area contributed by atoms with Crippen molar-refractivity contribution in [2.24, 2.45) is 0 Å². The van der Waals surface area contributed by atoms with Gasteiger partial charge in [-0.3, -0.25) is 14.6 Å². The summed E-state index contributed by atoms with van der Waals surface area (Å²) in [6.45, 7) is 4.92. The van der Waals surface area contributed by atoms with E-state index >= 15 is 0 Å². The van der Waals surface area contributed by atoms with Crippen molar-refractivity contribution in [3.8, 4) is 11.3 Å². The van der Waals surface area contributed by atoms with Gasteiger partial charge in [-0.25, -0.2) is 0 Å². The van der Waals surface area contributed by atoms with Crippen LogP contribution >= 0.6 is 0 Å². The molecule has 2 fully saturated rings. The van der Waals surface area contributed by atoms with Crippen LogP contribution in [-0.4, -0.2) is 46.2 Å². The number of aromatic nitrogens is 1.